The van der Waals surface area contributed by atoms with E-state index in [9.17, 15) is 4.79 Å². The number of anilines is 1. The summed E-state index contributed by atoms with van der Waals surface area (Å²) in [4.78, 5) is 14.3. The highest BCUT2D eigenvalue weighted by Gasteiger charge is 2.38. The summed E-state index contributed by atoms with van der Waals surface area (Å²) >= 11 is 13.7. The first-order valence-electron chi connectivity index (χ1n) is 12.5. The maximum Gasteiger partial charge on any atom is 0.294 e. The van der Waals surface area contributed by atoms with Gasteiger partial charge >= 0.3 is 0 Å². The lowest BCUT2D eigenvalue weighted by Gasteiger charge is -2.34. The van der Waals surface area contributed by atoms with Crippen molar-refractivity contribution in [2.75, 3.05) is 5.32 Å². The van der Waals surface area contributed by atoms with Crippen LogP contribution in [-0.2, 0) is 6.42 Å². The third-order valence-electron chi connectivity index (χ3n) is 7.01. The Kier molecular flexibility index (Phi) is 5.92. The average Bonchev–Trinajstić information content (AvgIpc) is 3.47. The molecule has 0 spiro atoms. The Morgan fingerprint density at radius 3 is 2.38 bits per heavy atom. The van der Waals surface area contributed by atoms with E-state index in [0.717, 1.165) is 44.2 Å². The number of H-pyrrole nitrogens is 1. The molecule has 0 radical (unpaired) electrons. The summed E-state index contributed by atoms with van der Waals surface area (Å²) < 4.78 is 4.82. The van der Waals surface area contributed by atoms with E-state index in [0.29, 0.717) is 16.5 Å². The Balaban J connectivity index is 1.42. The highest BCUT2D eigenvalue weighted by atomic mass is 35.5. The Hall–Kier alpha value is -4.05. The Bertz CT molecular complexity index is 1880. The van der Waals surface area contributed by atoms with Crippen molar-refractivity contribution in [3.8, 4) is 5.69 Å². The second-order valence-corrected chi connectivity index (χ2v) is 11.4. The SMILES string of the molecule is O=c1[nH]n2c(c1N=Nc1ccccc1)NC1=C(c3sc(=S)n(-c4ccccc4)c3CC1)C2c1ccc(Cl)cc1. The Labute approximate surface area is 237 Å². The van der Waals surface area contributed by atoms with Crippen LogP contribution >= 0.6 is 35.2 Å². The number of rotatable bonds is 4. The van der Waals surface area contributed by atoms with Crippen molar-refractivity contribution in [3.05, 3.63) is 126 Å². The zero-order valence-corrected chi connectivity index (χ0v) is 22.9. The van der Waals surface area contributed by atoms with Crippen LogP contribution in [0, 0.1) is 3.95 Å². The zero-order chi connectivity index (χ0) is 26.5. The van der Waals surface area contributed by atoms with Gasteiger partial charge in [-0.15, -0.1) is 16.5 Å². The topological polar surface area (TPSA) is 79.5 Å². The van der Waals surface area contributed by atoms with E-state index < -0.39 is 0 Å². The highest BCUT2D eigenvalue weighted by molar-refractivity contribution is 7.73. The molecule has 192 valence electrons. The Morgan fingerprint density at radius 1 is 0.923 bits per heavy atom. The number of fused-ring (bicyclic) bond motifs is 3. The van der Waals surface area contributed by atoms with Crippen LogP contribution in [0.1, 0.15) is 28.6 Å². The second kappa shape index (κ2) is 9.60. The molecule has 0 saturated carbocycles. The normalized spacial score (nSPS) is 16.1. The van der Waals surface area contributed by atoms with Crippen molar-refractivity contribution in [3.63, 3.8) is 0 Å². The molecule has 1 aliphatic carbocycles. The zero-order valence-electron chi connectivity index (χ0n) is 20.5. The van der Waals surface area contributed by atoms with E-state index in [1.54, 1.807) is 11.3 Å². The first kappa shape index (κ1) is 24.0. The van der Waals surface area contributed by atoms with Gasteiger partial charge in [0.15, 0.2) is 15.5 Å². The molecular formula is C29H21ClN6OS2. The summed E-state index contributed by atoms with van der Waals surface area (Å²) in [5.41, 5.74) is 5.96. The molecule has 39 heavy (non-hydrogen) atoms. The predicted octanol–water partition coefficient (Wildman–Crippen LogP) is 8.20. The van der Waals surface area contributed by atoms with Crippen LogP contribution in [0.15, 0.2) is 106 Å². The van der Waals surface area contributed by atoms with Crippen LogP contribution in [0.2, 0.25) is 5.02 Å². The lowest BCUT2D eigenvalue weighted by Crippen LogP contribution is -2.27. The molecule has 0 bridgehead atoms. The number of para-hydroxylation sites is 1. The van der Waals surface area contributed by atoms with Gasteiger partial charge in [0.1, 0.15) is 6.04 Å². The number of halogens is 1. The molecule has 5 aromatic rings. The highest BCUT2D eigenvalue weighted by Crippen LogP contribution is 2.49. The first-order chi connectivity index (χ1) is 19.1. The maximum atomic E-state index is 13.2. The second-order valence-electron chi connectivity index (χ2n) is 9.33. The number of aromatic nitrogens is 3. The van der Waals surface area contributed by atoms with Crippen molar-refractivity contribution >= 4 is 57.9 Å². The quantitative estimate of drug-likeness (QED) is 0.169. The van der Waals surface area contributed by atoms with Crippen molar-refractivity contribution in [2.45, 2.75) is 18.9 Å². The molecule has 7 nitrogen and oxygen atoms in total. The fourth-order valence-corrected chi connectivity index (χ4v) is 7.02. The molecule has 2 aromatic heterocycles. The molecule has 10 heteroatoms. The van der Waals surface area contributed by atoms with Gasteiger partial charge in [0, 0.05) is 27.7 Å². The molecule has 0 saturated heterocycles. The average molecular weight is 569 g/mol. The predicted molar refractivity (Wildman–Crippen MR) is 159 cm³/mol. The van der Waals surface area contributed by atoms with Gasteiger partial charge in [-0.05, 0) is 67.0 Å². The monoisotopic (exact) mass is 568 g/mol. The smallest absolute Gasteiger partial charge is 0.294 e. The number of thiazole rings is 1. The van der Waals surface area contributed by atoms with Gasteiger partial charge in [0.05, 0.1) is 10.6 Å². The van der Waals surface area contributed by atoms with E-state index in [1.807, 2.05) is 77.5 Å². The van der Waals surface area contributed by atoms with Gasteiger partial charge in [-0.3, -0.25) is 19.1 Å². The molecule has 1 unspecified atom stereocenters. The summed E-state index contributed by atoms with van der Waals surface area (Å²) in [6, 6.07) is 27.0. The minimum atomic E-state index is -0.314. The van der Waals surface area contributed by atoms with Crippen molar-refractivity contribution in [1.29, 1.82) is 0 Å². The van der Waals surface area contributed by atoms with E-state index in [-0.39, 0.29) is 17.3 Å². The molecule has 3 aromatic carbocycles. The minimum Gasteiger partial charge on any atom is -0.342 e. The first-order valence-corrected chi connectivity index (χ1v) is 14.1. The third kappa shape index (κ3) is 4.10. The van der Waals surface area contributed by atoms with E-state index >= 15 is 0 Å². The van der Waals surface area contributed by atoms with Gasteiger partial charge in [0.2, 0.25) is 0 Å². The van der Waals surface area contributed by atoms with Gasteiger partial charge in [-0.1, -0.05) is 60.1 Å². The van der Waals surface area contributed by atoms with Gasteiger partial charge in [-0.2, -0.15) is 5.11 Å². The molecule has 7 rings (SSSR count). The van der Waals surface area contributed by atoms with Crippen LogP contribution in [0.25, 0.3) is 11.3 Å². The number of nitrogens with one attached hydrogen (secondary N) is 2. The number of azo groups is 1. The number of nitrogens with zero attached hydrogens (tertiary/aromatic N) is 4. The summed E-state index contributed by atoms with van der Waals surface area (Å²) in [7, 11) is 0. The van der Waals surface area contributed by atoms with Crippen molar-refractivity contribution < 1.29 is 0 Å². The van der Waals surface area contributed by atoms with Crippen molar-refractivity contribution in [2.24, 2.45) is 10.2 Å². The summed E-state index contributed by atoms with van der Waals surface area (Å²) in [6.45, 7) is 0. The summed E-state index contributed by atoms with van der Waals surface area (Å²) in [6.07, 6.45) is 1.57. The number of aromatic amines is 1. The van der Waals surface area contributed by atoms with Crippen molar-refractivity contribution in [1.82, 2.24) is 14.3 Å². The largest absolute Gasteiger partial charge is 0.342 e. The van der Waals surface area contributed by atoms with Crippen LogP contribution in [0.4, 0.5) is 17.2 Å². The lowest BCUT2D eigenvalue weighted by molar-refractivity contribution is 0.605. The maximum absolute atomic E-state index is 13.2. The minimum absolute atomic E-state index is 0.240. The summed E-state index contributed by atoms with van der Waals surface area (Å²) in [5.74, 6) is 0.591. The molecule has 2 aliphatic rings. The number of allylic oxidation sites excluding steroid dienone is 2. The molecule has 1 aliphatic heterocycles. The number of hydrogen-bond acceptors (Lipinski definition) is 6. The van der Waals surface area contributed by atoms with Crippen LogP contribution < -0.4 is 10.9 Å². The fraction of sp³-hybridized carbons (Fsp3) is 0.103. The molecule has 0 fully saturated rings. The van der Waals surface area contributed by atoms with Gasteiger partial charge in [0.25, 0.3) is 5.56 Å². The number of benzene rings is 3. The fourth-order valence-electron chi connectivity index (χ4n) is 5.29. The van der Waals surface area contributed by atoms with Crippen LogP contribution in [0.5, 0.6) is 0 Å². The van der Waals surface area contributed by atoms with E-state index in [2.05, 4.69) is 37.3 Å². The molecule has 0 amide bonds. The molecule has 2 N–H and O–H groups in total. The number of hydrogen-bond donors (Lipinski definition) is 2. The molecule has 1 atom stereocenters. The molecule has 3 heterocycles. The van der Waals surface area contributed by atoms with E-state index in [4.69, 9.17) is 23.8 Å². The van der Waals surface area contributed by atoms with Crippen LogP contribution in [-0.4, -0.2) is 14.3 Å². The van der Waals surface area contributed by atoms with Gasteiger partial charge < -0.3 is 5.32 Å². The standard InChI is InChI=1S/C29H21ClN6OS2/c30-18-13-11-17(12-14-18)25-23-21(15-16-22-26(23)39-29(38)35(22)20-9-5-2-6-10-20)31-27-24(28(37)34-36(25)27)33-32-19-7-3-1-4-8-19/h1-14,25,31H,15-16H2,(H,34,37). The Morgan fingerprint density at radius 2 is 1.64 bits per heavy atom. The van der Waals surface area contributed by atoms with Crippen LogP contribution in [0.3, 0.4) is 0 Å². The van der Waals surface area contributed by atoms with E-state index in [1.165, 1.54) is 5.69 Å². The molecular weight excluding hydrogens is 548 g/mol. The lowest BCUT2D eigenvalue weighted by atomic mass is 9.88. The third-order valence-corrected chi connectivity index (χ3v) is 8.71. The van der Waals surface area contributed by atoms with Gasteiger partial charge in [-0.25, -0.2) is 0 Å². The summed E-state index contributed by atoms with van der Waals surface area (Å²) in [5, 5.41) is 15.9.